The summed E-state index contributed by atoms with van der Waals surface area (Å²) in [6.45, 7) is 0.596. The molecule has 2 aromatic carbocycles. The number of hydrogen-bond acceptors (Lipinski definition) is 6. The van der Waals surface area contributed by atoms with Gasteiger partial charge in [-0.05, 0) is 79.7 Å². The second-order valence-corrected chi connectivity index (χ2v) is 9.23. The Hall–Kier alpha value is -3.77. The highest BCUT2D eigenvalue weighted by Gasteiger charge is 2.25. The van der Waals surface area contributed by atoms with Crippen molar-refractivity contribution in [1.29, 1.82) is 0 Å². The molecule has 0 unspecified atom stereocenters. The summed E-state index contributed by atoms with van der Waals surface area (Å²) in [6.07, 6.45) is 1.04. The molecule has 7 nitrogen and oxygen atoms in total. The molecule has 0 saturated carbocycles. The van der Waals surface area contributed by atoms with Gasteiger partial charge >= 0.3 is 0 Å². The van der Waals surface area contributed by atoms with Crippen molar-refractivity contribution < 1.29 is 24.6 Å². The van der Waals surface area contributed by atoms with E-state index in [2.05, 4.69) is 28.5 Å². The molecule has 1 aromatic heterocycles. The first-order chi connectivity index (χ1) is 17.4. The molecule has 3 rings (SSSR count). The second-order valence-electron chi connectivity index (χ2n) is 8.20. The van der Waals surface area contributed by atoms with E-state index in [0.29, 0.717) is 23.2 Å². The first-order valence-corrected chi connectivity index (χ1v) is 12.4. The standard InChI is InChI=1S/C28H28N2O5S/c1-19(32)27(25(33)18-31)30-28(35)22-13-9-20(10-14-22)7-8-21-11-15-23(16-12-21)29-26(34)6-2-4-24-5-3-17-36-24/h3,5,9-17,19,27,31-32H,2,4,6,18H2,1H3,(H,29,34)(H,30,35)/t19-,27+/m1/s1. The van der Waals surface area contributed by atoms with Crippen molar-refractivity contribution in [3.05, 3.63) is 87.6 Å². The van der Waals surface area contributed by atoms with Crippen LogP contribution in [-0.2, 0) is 16.0 Å². The Morgan fingerprint density at radius 3 is 2.17 bits per heavy atom. The van der Waals surface area contributed by atoms with Crippen LogP contribution in [0.5, 0.6) is 0 Å². The zero-order valence-electron chi connectivity index (χ0n) is 19.9. The third-order valence-electron chi connectivity index (χ3n) is 5.35. The summed E-state index contributed by atoms with van der Waals surface area (Å²) in [5.74, 6) is 4.84. The molecule has 0 bridgehead atoms. The topological polar surface area (TPSA) is 116 Å². The van der Waals surface area contributed by atoms with Crippen molar-refractivity contribution in [1.82, 2.24) is 5.32 Å². The molecule has 0 spiro atoms. The van der Waals surface area contributed by atoms with E-state index in [9.17, 15) is 19.5 Å². The highest BCUT2D eigenvalue weighted by atomic mass is 32.1. The smallest absolute Gasteiger partial charge is 0.251 e. The summed E-state index contributed by atoms with van der Waals surface area (Å²) in [6, 6.07) is 16.7. The first-order valence-electron chi connectivity index (χ1n) is 11.5. The molecule has 0 fully saturated rings. The summed E-state index contributed by atoms with van der Waals surface area (Å²) < 4.78 is 0. The van der Waals surface area contributed by atoms with Crippen LogP contribution < -0.4 is 10.6 Å². The maximum Gasteiger partial charge on any atom is 0.251 e. The van der Waals surface area contributed by atoms with Crippen LogP contribution in [0.3, 0.4) is 0 Å². The summed E-state index contributed by atoms with van der Waals surface area (Å²) in [7, 11) is 0. The maximum atomic E-state index is 12.4. The molecule has 2 amide bonds. The predicted molar refractivity (Wildman–Crippen MR) is 140 cm³/mol. The van der Waals surface area contributed by atoms with Gasteiger partial charge in [0, 0.05) is 33.7 Å². The maximum absolute atomic E-state index is 12.4. The number of ketones is 1. The molecular weight excluding hydrogens is 476 g/mol. The van der Waals surface area contributed by atoms with Gasteiger partial charge < -0.3 is 20.8 Å². The van der Waals surface area contributed by atoms with E-state index < -0.39 is 30.4 Å². The number of thiophene rings is 1. The fourth-order valence-corrected chi connectivity index (χ4v) is 4.13. The van der Waals surface area contributed by atoms with Gasteiger partial charge in [-0.1, -0.05) is 17.9 Å². The summed E-state index contributed by atoms with van der Waals surface area (Å²) in [5.41, 5.74) is 2.47. The van der Waals surface area contributed by atoms with Crippen molar-refractivity contribution in [2.24, 2.45) is 0 Å². The fraction of sp³-hybridized carbons (Fsp3) is 0.250. The van der Waals surface area contributed by atoms with Gasteiger partial charge in [0.2, 0.25) is 5.91 Å². The Bertz CT molecular complexity index is 1220. The van der Waals surface area contributed by atoms with Crippen molar-refractivity contribution in [2.75, 3.05) is 11.9 Å². The Kier molecular flexibility index (Phi) is 9.95. The number of aliphatic hydroxyl groups excluding tert-OH is 2. The molecule has 8 heteroatoms. The number of aryl methyl sites for hydroxylation is 1. The number of nitrogens with one attached hydrogen (secondary N) is 2. The largest absolute Gasteiger partial charge is 0.391 e. The number of rotatable bonds is 10. The average molecular weight is 505 g/mol. The van der Waals surface area contributed by atoms with E-state index in [1.807, 2.05) is 23.6 Å². The zero-order valence-corrected chi connectivity index (χ0v) is 20.7. The number of aliphatic hydroxyl groups is 2. The molecule has 1 heterocycles. The van der Waals surface area contributed by atoms with E-state index in [-0.39, 0.29) is 5.91 Å². The summed E-state index contributed by atoms with van der Waals surface area (Å²) in [5, 5.41) is 26.0. The van der Waals surface area contributed by atoms with Gasteiger partial charge in [-0.25, -0.2) is 0 Å². The number of Topliss-reactive ketones (excluding diaryl/α,β-unsaturated/α-hetero) is 1. The van der Waals surface area contributed by atoms with Gasteiger partial charge in [0.05, 0.1) is 6.10 Å². The minimum absolute atomic E-state index is 0.0185. The monoisotopic (exact) mass is 504 g/mol. The van der Waals surface area contributed by atoms with Crippen LogP contribution in [0.2, 0.25) is 0 Å². The molecule has 0 aliphatic rings. The van der Waals surface area contributed by atoms with Crippen LogP contribution in [0.25, 0.3) is 0 Å². The first kappa shape index (κ1) is 26.8. The average Bonchev–Trinajstić information content (AvgIpc) is 3.40. The molecule has 186 valence electrons. The number of benzene rings is 2. The molecule has 0 aliphatic heterocycles. The van der Waals surface area contributed by atoms with Gasteiger partial charge in [0.1, 0.15) is 12.6 Å². The summed E-state index contributed by atoms with van der Waals surface area (Å²) >= 11 is 1.70. The fourth-order valence-electron chi connectivity index (χ4n) is 3.38. The van der Waals surface area contributed by atoms with Gasteiger partial charge in [-0.3, -0.25) is 14.4 Å². The molecule has 2 atom stereocenters. The van der Waals surface area contributed by atoms with Crippen molar-refractivity contribution in [2.45, 2.75) is 38.3 Å². The lowest BCUT2D eigenvalue weighted by Gasteiger charge is -2.19. The van der Waals surface area contributed by atoms with Crippen molar-refractivity contribution in [3.63, 3.8) is 0 Å². The van der Waals surface area contributed by atoms with E-state index in [1.165, 1.54) is 11.8 Å². The van der Waals surface area contributed by atoms with Gasteiger partial charge in [0.15, 0.2) is 5.78 Å². The van der Waals surface area contributed by atoms with E-state index in [1.54, 1.807) is 47.7 Å². The lowest BCUT2D eigenvalue weighted by Crippen LogP contribution is -2.48. The summed E-state index contributed by atoms with van der Waals surface area (Å²) in [4.78, 5) is 37.5. The highest BCUT2D eigenvalue weighted by molar-refractivity contribution is 7.09. The van der Waals surface area contributed by atoms with Gasteiger partial charge in [-0.15, -0.1) is 11.3 Å². The van der Waals surface area contributed by atoms with Crippen molar-refractivity contribution in [3.8, 4) is 11.8 Å². The van der Waals surface area contributed by atoms with Crippen LogP contribution >= 0.6 is 11.3 Å². The molecule has 36 heavy (non-hydrogen) atoms. The molecule has 4 N–H and O–H groups in total. The van der Waals surface area contributed by atoms with E-state index >= 15 is 0 Å². The van der Waals surface area contributed by atoms with Crippen molar-refractivity contribution >= 4 is 34.6 Å². The Labute approximate surface area is 214 Å². The minimum atomic E-state index is -1.18. The predicted octanol–water partition coefficient (Wildman–Crippen LogP) is 3.15. The molecule has 0 aliphatic carbocycles. The number of carbonyl (C=O) groups excluding carboxylic acids is 3. The number of amides is 2. The Morgan fingerprint density at radius 2 is 1.61 bits per heavy atom. The highest BCUT2D eigenvalue weighted by Crippen LogP contribution is 2.14. The number of carbonyl (C=O) groups is 3. The molecule has 0 radical (unpaired) electrons. The van der Waals surface area contributed by atoms with Gasteiger partial charge in [0.25, 0.3) is 5.91 Å². The molecular formula is C28H28N2O5S. The molecule has 0 saturated heterocycles. The van der Waals surface area contributed by atoms with E-state index in [4.69, 9.17) is 5.11 Å². The van der Waals surface area contributed by atoms with Crippen LogP contribution in [0.4, 0.5) is 5.69 Å². The number of anilines is 1. The Balaban J connectivity index is 1.51. The second kappa shape index (κ2) is 13.4. The lowest BCUT2D eigenvalue weighted by atomic mass is 10.1. The van der Waals surface area contributed by atoms with Crippen LogP contribution in [0, 0.1) is 11.8 Å². The van der Waals surface area contributed by atoms with Crippen LogP contribution in [0.1, 0.15) is 46.1 Å². The quantitative estimate of drug-likeness (QED) is 0.317. The zero-order chi connectivity index (χ0) is 25.9. The van der Waals surface area contributed by atoms with Gasteiger partial charge in [-0.2, -0.15) is 0 Å². The van der Waals surface area contributed by atoms with Crippen LogP contribution in [0.15, 0.2) is 66.0 Å². The third-order valence-corrected chi connectivity index (χ3v) is 6.28. The molecule has 3 aromatic rings. The van der Waals surface area contributed by atoms with Crippen LogP contribution in [-0.4, -0.2) is 46.6 Å². The van der Waals surface area contributed by atoms with E-state index in [0.717, 1.165) is 18.4 Å². The SMILES string of the molecule is C[C@@H](O)[C@H](NC(=O)c1ccc(C#Cc2ccc(NC(=O)CCCc3cccs3)cc2)cc1)C(=O)CO. The minimum Gasteiger partial charge on any atom is -0.391 e. The Morgan fingerprint density at radius 1 is 0.972 bits per heavy atom. The lowest BCUT2D eigenvalue weighted by molar-refractivity contribution is -0.126. The third kappa shape index (κ3) is 8.17. The number of hydrogen-bond donors (Lipinski definition) is 4. The normalized spacial score (nSPS) is 12.1.